The van der Waals surface area contributed by atoms with Crippen LogP contribution in [0.5, 0.6) is 0 Å². The molecule has 0 aromatic rings. The molecule has 0 fully saturated rings. The van der Waals surface area contributed by atoms with Crippen LogP contribution in [-0.4, -0.2) is 35.9 Å². The minimum atomic E-state index is -0.0319. The van der Waals surface area contributed by atoms with E-state index in [0.29, 0.717) is 24.5 Å². The molecule has 0 aliphatic heterocycles. The van der Waals surface area contributed by atoms with Gasteiger partial charge in [0.05, 0.1) is 30.1 Å². The SMILES string of the molecule is CN(CCC#N)C(=O)CSCC#N. The van der Waals surface area contributed by atoms with Crippen molar-refractivity contribution < 1.29 is 4.79 Å². The highest BCUT2D eigenvalue weighted by atomic mass is 32.2. The maximum atomic E-state index is 11.2. The number of nitrogens with zero attached hydrogens (tertiary/aromatic N) is 3. The average Bonchev–Trinajstić information content (AvgIpc) is 2.14. The van der Waals surface area contributed by atoms with Crippen molar-refractivity contribution in [2.75, 3.05) is 25.1 Å². The van der Waals surface area contributed by atoms with E-state index in [0.717, 1.165) is 0 Å². The Morgan fingerprint density at radius 1 is 1.46 bits per heavy atom. The summed E-state index contributed by atoms with van der Waals surface area (Å²) in [6.45, 7) is 0.461. The van der Waals surface area contributed by atoms with Gasteiger partial charge in [-0.2, -0.15) is 10.5 Å². The van der Waals surface area contributed by atoms with E-state index in [-0.39, 0.29) is 5.91 Å². The van der Waals surface area contributed by atoms with E-state index >= 15 is 0 Å². The number of hydrogen-bond donors (Lipinski definition) is 0. The summed E-state index contributed by atoms with van der Waals surface area (Å²) in [5, 5.41) is 16.5. The first-order valence-electron chi connectivity index (χ1n) is 3.78. The second-order valence-corrected chi connectivity index (χ2v) is 3.36. The predicted octanol–water partition coefficient (Wildman–Crippen LogP) is 0.615. The summed E-state index contributed by atoms with van der Waals surface area (Å²) in [4.78, 5) is 12.7. The molecule has 5 heteroatoms. The molecule has 1 amide bonds. The zero-order valence-electron chi connectivity index (χ0n) is 7.49. The number of amides is 1. The summed E-state index contributed by atoms with van der Waals surface area (Å²) in [6.07, 6.45) is 0.352. The number of carbonyl (C=O) groups excluding carboxylic acids is 1. The fraction of sp³-hybridized carbons (Fsp3) is 0.625. The van der Waals surface area contributed by atoms with Crippen LogP contribution in [0.2, 0.25) is 0 Å². The van der Waals surface area contributed by atoms with Crippen molar-refractivity contribution in [3.63, 3.8) is 0 Å². The Hall–Kier alpha value is -1.20. The molecule has 70 valence electrons. The molecule has 0 bridgehead atoms. The number of rotatable bonds is 5. The molecule has 0 aromatic carbocycles. The normalized spacial score (nSPS) is 8.54. The van der Waals surface area contributed by atoms with Gasteiger partial charge in [-0.3, -0.25) is 4.79 Å². The standard InChI is InChI=1S/C8H11N3OS/c1-11(5-2-3-9)8(12)7-13-6-4-10/h2,5-7H2,1H3. The number of carbonyl (C=O) groups is 1. The van der Waals surface area contributed by atoms with Gasteiger partial charge in [0.25, 0.3) is 0 Å². The molecule has 0 radical (unpaired) electrons. The number of thioether (sulfide) groups is 1. The van der Waals surface area contributed by atoms with Crippen LogP contribution in [0.15, 0.2) is 0 Å². The molecule has 0 unspecified atom stereocenters. The molecule has 13 heavy (non-hydrogen) atoms. The molecule has 0 heterocycles. The average molecular weight is 197 g/mol. The van der Waals surface area contributed by atoms with Crippen molar-refractivity contribution in [3.05, 3.63) is 0 Å². The molecule has 0 saturated heterocycles. The van der Waals surface area contributed by atoms with E-state index < -0.39 is 0 Å². The van der Waals surface area contributed by atoms with Gasteiger partial charge in [-0.15, -0.1) is 11.8 Å². The van der Waals surface area contributed by atoms with Crippen molar-refractivity contribution in [2.24, 2.45) is 0 Å². The lowest BCUT2D eigenvalue weighted by Crippen LogP contribution is -2.29. The second-order valence-electron chi connectivity index (χ2n) is 2.37. The van der Waals surface area contributed by atoms with Crippen molar-refractivity contribution >= 4 is 17.7 Å². The lowest BCUT2D eigenvalue weighted by atomic mass is 10.4. The van der Waals surface area contributed by atoms with Crippen molar-refractivity contribution in [1.29, 1.82) is 10.5 Å². The van der Waals surface area contributed by atoms with Crippen LogP contribution in [0.25, 0.3) is 0 Å². The van der Waals surface area contributed by atoms with Gasteiger partial charge in [0.15, 0.2) is 0 Å². The summed E-state index contributed by atoms with van der Waals surface area (Å²) in [6, 6.07) is 3.91. The molecule has 0 rings (SSSR count). The second kappa shape index (κ2) is 7.45. The lowest BCUT2D eigenvalue weighted by molar-refractivity contribution is -0.127. The van der Waals surface area contributed by atoms with E-state index in [4.69, 9.17) is 10.5 Å². The van der Waals surface area contributed by atoms with E-state index in [1.807, 2.05) is 12.1 Å². The van der Waals surface area contributed by atoms with Gasteiger partial charge < -0.3 is 4.90 Å². The highest BCUT2D eigenvalue weighted by Gasteiger charge is 2.07. The minimum Gasteiger partial charge on any atom is -0.344 e. The zero-order chi connectivity index (χ0) is 10.1. The third kappa shape index (κ3) is 6.01. The molecule has 0 aliphatic rings. The van der Waals surface area contributed by atoms with Gasteiger partial charge in [0, 0.05) is 13.6 Å². The van der Waals surface area contributed by atoms with Gasteiger partial charge in [-0.25, -0.2) is 0 Å². The first kappa shape index (κ1) is 11.8. The quantitative estimate of drug-likeness (QED) is 0.606. The number of hydrogen-bond acceptors (Lipinski definition) is 4. The van der Waals surface area contributed by atoms with Crippen LogP contribution in [0.3, 0.4) is 0 Å². The van der Waals surface area contributed by atoms with Crippen LogP contribution in [0.1, 0.15) is 6.42 Å². The topological polar surface area (TPSA) is 67.9 Å². The fourth-order valence-corrected chi connectivity index (χ4v) is 1.22. The fourth-order valence-electron chi connectivity index (χ4n) is 0.637. The van der Waals surface area contributed by atoms with Crippen LogP contribution >= 0.6 is 11.8 Å². The van der Waals surface area contributed by atoms with Gasteiger partial charge in [-0.1, -0.05) is 0 Å². The minimum absolute atomic E-state index is 0.0319. The molecule has 0 spiro atoms. The van der Waals surface area contributed by atoms with Crippen LogP contribution in [-0.2, 0) is 4.79 Å². The molecular formula is C8H11N3OS. The Kier molecular flexibility index (Phi) is 6.76. The highest BCUT2D eigenvalue weighted by Crippen LogP contribution is 2.00. The van der Waals surface area contributed by atoms with E-state index in [9.17, 15) is 4.79 Å². The molecular weight excluding hydrogens is 186 g/mol. The Labute approximate surface area is 82.1 Å². The van der Waals surface area contributed by atoms with Crippen LogP contribution < -0.4 is 0 Å². The summed E-state index contributed by atoms with van der Waals surface area (Å²) >= 11 is 1.29. The lowest BCUT2D eigenvalue weighted by Gasteiger charge is -2.14. The van der Waals surface area contributed by atoms with Crippen molar-refractivity contribution in [3.8, 4) is 12.1 Å². The Balaban J connectivity index is 3.59. The number of nitriles is 2. The molecule has 0 aliphatic carbocycles. The molecule has 0 N–H and O–H groups in total. The van der Waals surface area contributed by atoms with E-state index in [1.54, 1.807) is 7.05 Å². The van der Waals surface area contributed by atoms with Crippen molar-refractivity contribution in [1.82, 2.24) is 4.90 Å². The predicted molar refractivity (Wildman–Crippen MR) is 50.8 cm³/mol. The maximum absolute atomic E-state index is 11.2. The summed E-state index contributed by atoms with van der Waals surface area (Å²) < 4.78 is 0. The Morgan fingerprint density at radius 2 is 2.15 bits per heavy atom. The van der Waals surface area contributed by atoms with Gasteiger partial charge in [-0.05, 0) is 0 Å². The summed E-state index contributed by atoms with van der Waals surface area (Å²) in [5.41, 5.74) is 0. The smallest absolute Gasteiger partial charge is 0.232 e. The van der Waals surface area contributed by atoms with Gasteiger partial charge >= 0.3 is 0 Å². The molecule has 0 atom stereocenters. The van der Waals surface area contributed by atoms with Gasteiger partial charge in [0.2, 0.25) is 5.91 Å². The third-order valence-corrected chi connectivity index (χ3v) is 2.16. The largest absolute Gasteiger partial charge is 0.344 e. The van der Waals surface area contributed by atoms with Crippen LogP contribution in [0, 0.1) is 22.7 Å². The third-order valence-electron chi connectivity index (χ3n) is 1.38. The van der Waals surface area contributed by atoms with E-state index in [1.165, 1.54) is 16.7 Å². The van der Waals surface area contributed by atoms with Crippen LogP contribution in [0.4, 0.5) is 0 Å². The highest BCUT2D eigenvalue weighted by molar-refractivity contribution is 8.00. The monoisotopic (exact) mass is 197 g/mol. The molecule has 0 saturated carbocycles. The maximum Gasteiger partial charge on any atom is 0.232 e. The summed E-state index contributed by atoms with van der Waals surface area (Å²) in [5.74, 6) is 0.614. The molecule has 0 aromatic heterocycles. The first-order chi connectivity index (χ1) is 6.22. The summed E-state index contributed by atoms with van der Waals surface area (Å²) in [7, 11) is 1.66. The van der Waals surface area contributed by atoms with Crippen molar-refractivity contribution in [2.45, 2.75) is 6.42 Å². The zero-order valence-corrected chi connectivity index (χ0v) is 8.30. The Morgan fingerprint density at radius 3 is 2.69 bits per heavy atom. The molecule has 4 nitrogen and oxygen atoms in total. The first-order valence-corrected chi connectivity index (χ1v) is 4.93. The Bertz CT molecular complexity index is 241. The van der Waals surface area contributed by atoms with E-state index in [2.05, 4.69) is 0 Å². The van der Waals surface area contributed by atoms with Gasteiger partial charge in [0.1, 0.15) is 0 Å².